The Bertz CT molecular complexity index is 1280. The zero-order chi connectivity index (χ0) is 31.2. The summed E-state index contributed by atoms with van der Waals surface area (Å²) in [7, 11) is 10.3. The summed E-state index contributed by atoms with van der Waals surface area (Å²) in [6.45, 7) is 4.66. The van der Waals surface area contributed by atoms with Crippen LogP contribution < -0.4 is 9.47 Å². The second-order valence-electron chi connectivity index (χ2n) is 14.2. The Kier molecular flexibility index (Phi) is 7.54. The van der Waals surface area contributed by atoms with Crippen molar-refractivity contribution in [2.24, 2.45) is 40.4 Å². The number of methoxy groups -OCH3 is 6. The fourth-order valence-corrected chi connectivity index (χ4v) is 12.3. The number of likely N-dealkylation sites (tertiary alicyclic amines) is 1. The lowest BCUT2D eigenvalue weighted by atomic mass is 9.43. The van der Waals surface area contributed by atoms with Gasteiger partial charge < -0.3 is 38.3 Å². The van der Waals surface area contributed by atoms with Crippen LogP contribution in [0.25, 0.3) is 0 Å². The van der Waals surface area contributed by atoms with Gasteiger partial charge in [0.15, 0.2) is 11.5 Å². The van der Waals surface area contributed by atoms with Crippen molar-refractivity contribution in [2.75, 3.05) is 62.4 Å². The van der Waals surface area contributed by atoms with Crippen LogP contribution in [-0.4, -0.2) is 114 Å². The highest BCUT2D eigenvalue weighted by Crippen LogP contribution is 2.79. The molecule has 0 aromatic heterocycles. The van der Waals surface area contributed by atoms with Crippen molar-refractivity contribution in [1.29, 1.82) is 0 Å². The van der Waals surface area contributed by atoms with Crippen molar-refractivity contribution in [1.82, 2.24) is 4.90 Å². The maximum atomic E-state index is 13.9. The van der Waals surface area contributed by atoms with Crippen molar-refractivity contribution < 1.29 is 43.1 Å². The normalized spacial score (nSPS) is 46.5. The van der Waals surface area contributed by atoms with E-state index in [9.17, 15) is 9.90 Å². The molecule has 7 rings (SSSR count). The Morgan fingerprint density at radius 1 is 1.00 bits per heavy atom. The van der Waals surface area contributed by atoms with Gasteiger partial charge in [0.25, 0.3) is 0 Å². The molecule has 5 aliphatic carbocycles. The number of hydrogen-bond acceptors (Lipinski definition) is 10. The number of piperidine rings is 1. The van der Waals surface area contributed by atoms with Gasteiger partial charge in [-0.3, -0.25) is 4.90 Å². The minimum Gasteiger partial charge on any atom is -0.493 e. The summed E-state index contributed by atoms with van der Waals surface area (Å²) in [5.74, 6) is 0.288. The van der Waals surface area contributed by atoms with Gasteiger partial charge in [-0.1, -0.05) is 6.92 Å². The minimum atomic E-state index is -1.15. The smallest absolute Gasteiger partial charge is 0.338 e. The molecule has 0 radical (unpaired) electrons. The van der Waals surface area contributed by atoms with Gasteiger partial charge in [-0.25, -0.2) is 4.79 Å². The Morgan fingerprint density at radius 2 is 1.77 bits per heavy atom. The largest absolute Gasteiger partial charge is 0.493 e. The van der Waals surface area contributed by atoms with E-state index in [1.54, 1.807) is 53.7 Å². The molecule has 1 saturated heterocycles. The van der Waals surface area contributed by atoms with Crippen molar-refractivity contribution in [3.63, 3.8) is 0 Å². The molecule has 1 unspecified atom stereocenters. The summed E-state index contributed by atoms with van der Waals surface area (Å²) in [6.07, 6.45) is 2.27. The third-order valence-electron chi connectivity index (χ3n) is 13.2. The molecule has 10 nitrogen and oxygen atoms in total. The maximum Gasteiger partial charge on any atom is 0.338 e. The van der Waals surface area contributed by atoms with E-state index in [2.05, 4.69) is 11.8 Å². The van der Waals surface area contributed by atoms with Crippen LogP contribution in [0.3, 0.4) is 0 Å². The van der Waals surface area contributed by atoms with Crippen LogP contribution in [0, 0.1) is 40.4 Å². The van der Waals surface area contributed by atoms with Crippen molar-refractivity contribution >= 4 is 5.97 Å². The number of esters is 1. The van der Waals surface area contributed by atoms with Gasteiger partial charge in [0.1, 0.15) is 6.10 Å². The van der Waals surface area contributed by atoms with Crippen molar-refractivity contribution in [3.05, 3.63) is 23.8 Å². The fourth-order valence-electron chi connectivity index (χ4n) is 12.3. The first-order valence-electron chi connectivity index (χ1n) is 16.2. The SMILES string of the molecule is CCN1C[C@]2(COC)CC[C@H](OC)C34[C@@H]5C[C@H]6[C@H](OC(=O)c7ccc(OC)c(OC)c7)[C@@H]5[C@](O)(C[C@@H]6OC)[C@@H]([C@H](OC)[C@@H]32)[C@@H]14. The summed E-state index contributed by atoms with van der Waals surface area (Å²) < 4.78 is 42.5. The minimum absolute atomic E-state index is 0.00317. The first-order chi connectivity index (χ1) is 21.2. The molecule has 1 N–H and O–H groups in total. The third-order valence-corrected chi connectivity index (χ3v) is 13.2. The Balaban J connectivity index is 1.37. The molecule has 1 heterocycles. The lowest BCUT2D eigenvalue weighted by molar-refractivity contribution is -0.276. The molecule has 1 aliphatic heterocycles. The zero-order valence-electron chi connectivity index (χ0n) is 27.1. The van der Waals surface area contributed by atoms with E-state index in [4.69, 9.17) is 33.2 Å². The number of fused-ring (bicyclic) bond motifs is 2. The number of ether oxygens (including phenoxy) is 7. The summed E-state index contributed by atoms with van der Waals surface area (Å²) >= 11 is 0. The number of nitrogens with zero attached hydrogens (tertiary/aromatic N) is 1. The van der Waals surface area contributed by atoms with Crippen molar-refractivity contribution in [3.8, 4) is 11.5 Å². The predicted octanol–water partition coefficient (Wildman–Crippen LogP) is 3.04. The highest BCUT2D eigenvalue weighted by atomic mass is 16.6. The molecular weight excluding hydrogens is 566 g/mol. The molecular formula is C34H49NO9. The molecule has 244 valence electrons. The molecule has 10 heteroatoms. The maximum absolute atomic E-state index is 13.9. The second kappa shape index (κ2) is 10.8. The average Bonchev–Trinajstić information content (AvgIpc) is 3.47. The molecule has 7 bridgehead atoms. The number of benzene rings is 1. The van der Waals surface area contributed by atoms with E-state index in [1.165, 1.54) is 0 Å². The second-order valence-corrected chi connectivity index (χ2v) is 14.2. The lowest BCUT2D eigenvalue weighted by Gasteiger charge is -2.69. The van der Waals surface area contributed by atoms with Crippen molar-refractivity contribution in [2.45, 2.75) is 68.7 Å². The third kappa shape index (κ3) is 3.67. The molecule has 44 heavy (non-hydrogen) atoms. The fraction of sp³-hybridized carbons (Fsp3) is 0.794. The predicted molar refractivity (Wildman–Crippen MR) is 160 cm³/mol. The summed E-state index contributed by atoms with van der Waals surface area (Å²) in [4.78, 5) is 16.5. The quantitative estimate of drug-likeness (QED) is 0.395. The van der Waals surface area contributed by atoms with E-state index in [0.717, 1.165) is 32.4 Å². The first kappa shape index (κ1) is 30.7. The van der Waals surface area contributed by atoms with Gasteiger partial charge in [0.2, 0.25) is 0 Å². The van der Waals surface area contributed by atoms with Gasteiger partial charge in [-0.2, -0.15) is 0 Å². The molecule has 1 aromatic rings. The lowest BCUT2D eigenvalue weighted by Crippen LogP contribution is -2.76. The molecule has 6 aliphatic rings. The molecule has 13 atom stereocenters. The number of aliphatic hydroxyl groups is 1. The molecule has 1 aromatic carbocycles. The zero-order valence-corrected chi connectivity index (χ0v) is 27.1. The average molecular weight is 616 g/mol. The molecule has 5 saturated carbocycles. The summed E-state index contributed by atoms with van der Waals surface area (Å²) in [5, 5.41) is 13.2. The van der Waals surface area contributed by atoms with E-state index >= 15 is 0 Å². The van der Waals surface area contributed by atoms with Gasteiger partial charge in [0, 0.05) is 81.9 Å². The van der Waals surface area contributed by atoms with Crippen LogP contribution >= 0.6 is 0 Å². The van der Waals surface area contributed by atoms with Crippen LogP contribution in [0.2, 0.25) is 0 Å². The number of rotatable bonds is 10. The molecule has 6 fully saturated rings. The van der Waals surface area contributed by atoms with Crippen LogP contribution in [0.15, 0.2) is 18.2 Å². The van der Waals surface area contributed by atoms with Gasteiger partial charge in [0.05, 0.1) is 50.3 Å². The monoisotopic (exact) mass is 615 g/mol. The van der Waals surface area contributed by atoms with E-state index < -0.39 is 17.7 Å². The summed E-state index contributed by atoms with van der Waals surface area (Å²) in [5.41, 5.74) is -1.17. The van der Waals surface area contributed by atoms with E-state index in [0.29, 0.717) is 30.1 Å². The van der Waals surface area contributed by atoms with Gasteiger partial charge >= 0.3 is 5.97 Å². The van der Waals surface area contributed by atoms with Crippen LogP contribution in [0.1, 0.15) is 43.0 Å². The Labute approximate surface area is 260 Å². The first-order valence-corrected chi connectivity index (χ1v) is 16.2. The molecule has 0 amide bonds. The van der Waals surface area contributed by atoms with Crippen LogP contribution in [0.5, 0.6) is 11.5 Å². The highest BCUT2D eigenvalue weighted by Gasteiger charge is 2.86. The number of carbonyl (C=O) groups is 1. The number of hydrogen-bond donors (Lipinski definition) is 1. The Hall–Kier alpha value is -1.95. The van der Waals surface area contributed by atoms with E-state index in [1.807, 2.05) is 7.11 Å². The highest BCUT2D eigenvalue weighted by molar-refractivity contribution is 5.90. The molecule has 1 spiro atoms. The summed E-state index contributed by atoms with van der Waals surface area (Å²) in [6, 6.07) is 5.16. The van der Waals surface area contributed by atoms with E-state index in [-0.39, 0.29) is 64.8 Å². The number of carbonyl (C=O) groups excluding carboxylic acids is 1. The van der Waals surface area contributed by atoms with Gasteiger partial charge in [-0.15, -0.1) is 0 Å². The Morgan fingerprint density at radius 3 is 2.41 bits per heavy atom. The standard InChI is InChI=1S/C34H49NO9/c1-8-35-16-32(17-38-2)12-11-24(42-6)34-20-14-19-23(41-5)15-33(37,26(30(34)35)28(43-7)29(32)34)25(20)27(19)44-31(36)18-9-10-21(39-3)22(13-18)40-4/h9-10,13,19-20,23-30,37H,8,11-12,14-17H2,1-7H3/t19-,20-,23+,24+,25-,26+,27+,28+,29-,30-,32+,33-,34?/m1/s1. The van der Waals surface area contributed by atoms with Crippen LogP contribution in [0.4, 0.5) is 0 Å². The van der Waals surface area contributed by atoms with Crippen LogP contribution in [-0.2, 0) is 23.7 Å². The van der Waals surface area contributed by atoms with Gasteiger partial charge in [-0.05, 0) is 49.9 Å². The topological polar surface area (TPSA) is 105 Å².